The number of phenolic OH excluding ortho intramolecular Hbond substituents is 1. The fourth-order valence-corrected chi connectivity index (χ4v) is 3.39. The van der Waals surface area contributed by atoms with Gasteiger partial charge in [0.25, 0.3) is 0 Å². The van der Waals surface area contributed by atoms with Crippen molar-refractivity contribution >= 4 is 22.5 Å². The van der Waals surface area contributed by atoms with Gasteiger partial charge in [-0.05, 0) is 66.3 Å². The first-order valence-electron chi connectivity index (χ1n) is 9.14. The van der Waals surface area contributed by atoms with Gasteiger partial charge in [0.15, 0.2) is 0 Å². The third-order valence-electron chi connectivity index (χ3n) is 4.97. The molecule has 1 heterocycles. The predicted octanol–water partition coefficient (Wildman–Crippen LogP) is 5.96. The number of amides is 1. The number of rotatable bonds is 2. The monoisotopic (exact) mass is 404 g/mol. The van der Waals surface area contributed by atoms with Gasteiger partial charge in [0.05, 0.1) is 0 Å². The number of alkyl halides is 3. The number of anilines is 1. The number of nitrogens with one attached hydrogen (secondary N) is 2. The summed E-state index contributed by atoms with van der Waals surface area (Å²) in [4.78, 5) is 14.5. The number of carbonyl (C=O) groups excluding carboxylic acids is 1. The lowest BCUT2D eigenvalue weighted by Crippen LogP contribution is -2.29. The second kappa shape index (κ2) is 6.83. The van der Waals surface area contributed by atoms with Gasteiger partial charge in [-0.2, -0.15) is 13.2 Å². The summed E-state index contributed by atoms with van der Waals surface area (Å²) in [5.41, 5.74) is 4.63. The molecule has 4 nitrogen and oxygen atoms in total. The molecular formula is C22H23F3N2O2. The number of aryl methyl sites for hydroxylation is 2. The Hall–Kier alpha value is -2.96. The van der Waals surface area contributed by atoms with Gasteiger partial charge in [-0.15, -0.1) is 0 Å². The molecule has 1 amide bonds. The SMILES string of the molecule is Cc1cc(-c2[nH]c3ccc(NC(=O)C(F)(F)F)cc3c2C)cc(C(C)(C)C)c1O. The average molecular weight is 404 g/mol. The fraction of sp³-hybridized carbons (Fsp3) is 0.318. The molecular weight excluding hydrogens is 381 g/mol. The molecule has 0 atom stereocenters. The van der Waals surface area contributed by atoms with E-state index in [0.29, 0.717) is 5.39 Å². The van der Waals surface area contributed by atoms with E-state index in [1.54, 1.807) is 6.07 Å². The molecule has 0 aliphatic heterocycles. The molecule has 0 aliphatic carbocycles. The summed E-state index contributed by atoms with van der Waals surface area (Å²) in [6.07, 6.45) is -4.94. The van der Waals surface area contributed by atoms with E-state index in [-0.39, 0.29) is 16.9 Å². The molecule has 3 aromatic rings. The van der Waals surface area contributed by atoms with Crippen molar-refractivity contribution in [1.82, 2.24) is 4.98 Å². The smallest absolute Gasteiger partial charge is 0.471 e. The molecule has 7 heteroatoms. The minimum absolute atomic E-state index is 0.0748. The molecule has 0 saturated heterocycles. The van der Waals surface area contributed by atoms with Crippen molar-refractivity contribution in [2.24, 2.45) is 0 Å². The Morgan fingerprint density at radius 2 is 1.72 bits per heavy atom. The van der Waals surface area contributed by atoms with E-state index in [1.165, 1.54) is 12.1 Å². The van der Waals surface area contributed by atoms with Gasteiger partial charge in [0, 0.05) is 27.8 Å². The lowest BCUT2D eigenvalue weighted by Gasteiger charge is -2.22. The van der Waals surface area contributed by atoms with Crippen LogP contribution in [0.3, 0.4) is 0 Å². The molecule has 1 aromatic heterocycles. The summed E-state index contributed by atoms with van der Waals surface area (Å²) in [5, 5.41) is 13.1. The number of hydrogen-bond donors (Lipinski definition) is 3. The largest absolute Gasteiger partial charge is 0.507 e. The number of benzene rings is 2. The molecule has 2 aromatic carbocycles. The van der Waals surface area contributed by atoms with Gasteiger partial charge in [-0.25, -0.2) is 0 Å². The van der Waals surface area contributed by atoms with Crippen LogP contribution >= 0.6 is 0 Å². The first kappa shape index (κ1) is 20.8. The second-order valence-corrected chi connectivity index (χ2v) is 8.28. The van der Waals surface area contributed by atoms with Crippen molar-refractivity contribution in [3.8, 4) is 17.0 Å². The van der Waals surface area contributed by atoms with Gasteiger partial charge in [-0.1, -0.05) is 20.8 Å². The molecule has 0 fully saturated rings. The molecule has 0 aliphatic rings. The van der Waals surface area contributed by atoms with Gasteiger partial charge >= 0.3 is 12.1 Å². The van der Waals surface area contributed by atoms with E-state index in [4.69, 9.17) is 0 Å². The van der Waals surface area contributed by atoms with Gasteiger partial charge < -0.3 is 15.4 Å². The van der Waals surface area contributed by atoms with E-state index < -0.39 is 12.1 Å². The Morgan fingerprint density at radius 3 is 2.31 bits per heavy atom. The van der Waals surface area contributed by atoms with Crippen LogP contribution in [0.1, 0.15) is 37.5 Å². The summed E-state index contributed by atoms with van der Waals surface area (Å²) in [7, 11) is 0. The highest BCUT2D eigenvalue weighted by Gasteiger charge is 2.38. The summed E-state index contributed by atoms with van der Waals surface area (Å²) in [6, 6.07) is 8.37. The Bertz CT molecular complexity index is 1110. The summed E-state index contributed by atoms with van der Waals surface area (Å²) >= 11 is 0. The van der Waals surface area contributed by atoms with Crippen LogP contribution in [0, 0.1) is 13.8 Å². The van der Waals surface area contributed by atoms with Crippen molar-refractivity contribution in [3.63, 3.8) is 0 Å². The summed E-state index contributed by atoms with van der Waals surface area (Å²) < 4.78 is 37.6. The average Bonchev–Trinajstić information content (AvgIpc) is 2.92. The third kappa shape index (κ3) is 3.95. The minimum Gasteiger partial charge on any atom is -0.507 e. The van der Waals surface area contributed by atoms with Crippen molar-refractivity contribution < 1.29 is 23.1 Å². The standard InChI is InChI=1S/C22H23F3N2O2/c1-11-8-13(9-16(19(11)28)21(3,4)5)18-12(2)15-10-14(6-7-17(15)27-18)26-20(29)22(23,24)25/h6-10,27-28H,1-5H3,(H,26,29). The highest BCUT2D eigenvalue weighted by atomic mass is 19.4. The number of hydrogen-bond acceptors (Lipinski definition) is 2. The van der Waals surface area contributed by atoms with Crippen LogP contribution in [0.5, 0.6) is 5.75 Å². The normalized spacial score (nSPS) is 12.4. The summed E-state index contributed by atoms with van der Waals surface area (Å²) in [5.74, 6) is -1.75. The highest BCUT2D eigenvalue weighted by Crippen LogP contribution is 2.39. The lowest BCUT2D eigenvalue weighted by molar-refractivity contribution is -0.167. The number of H-pyrrole nitrogens is 1. The van der Waals surface area contributed by atoms with Crippen molar-refractivity contribution in [3.05, 3.63) is 47.0 Å². The number of carbonyl (C=O) groups is 1. The van der Waals surface area contributed by atoms with E-state index >= 15 is 0 Å². The second-order valence-electron chi connectivity index (χ2n) is 8.28. The maximum Gasteiger partial charge on any atom is 0.471 e. The van der Waals surface area contributed by atoms with Gasteiger partial charge in [0.1, 0.15) is 5.75 Å². The first-order chi connectivity index (χ1) is 13.3. The molecule has 0 saturated carbocycles. The Balaban J connectivity index is 2.10. The zero-order valence-corrected chi connectivity index (χ0v) is 16.9. The van der Waals surface area contributed by atoms with E-state index in [2.05, 4.69) is 4.98 Å². The molecule has 0 bridgehead atoms. The van der Waals surface area contributed by atoms with Gasteiger partial charge in [0.2, 0.25) is 0 Å². The third-order valence-corrected chi connectivity index (χ3v) is 4.97. The molecule has 0 spiro atoms. The van der Waals surface area contributed by atoms with Crippen LogP contribution in [0.4, 0.5) is 18.9 Å². The van der Waals surface area contributed by atoms with Crippen LogP contribution < -0.4 is 5.32 Å². The molecule has 154 valence electrons. The zero-order valence-electron chi connectivity index (χ0n) is 16.9. The van der Waals surface area contributed by atoms with Gasteiger partial charge in [-0.3, -0.25) is 4.79 Å². The van der Waals surface area contributed by atoms with Crippen molar-refractivity contribution in [2.45, 2.75) is 46.2 Å². The quantitative estimate of drug-likeness (QED) is 0.494. The maximum atomic E-state index is 12.5. The number of aromatic hydroxyl groups is 1. The summed E-state index contributed by atoms with van der Waals surface area (Å²) in [6.45, 7) is 9.73. The zero-order chi connectivity index (χ0) is 21.7. The first-order valence-corrected chi connectivity index (χ1v) is 9.14. The fourth-order valence-electron chi connectivity index (χ4n) is 3.39. The van der Waals surface area contributed by atoms with Crippen LogP contribution in [0.2, 0.25) is 0 Å². The van der Waals surface area contributed by atoms with Crippen molar-refractivity contribution in [1.29, 1.82) is 0 Å². The predicted molar refractivity (Wildman–Crippen MR) is 108 cm³/mol. The van der Waals surface area contributed by atoms with Crippen LogP contribution in [0.25, 0.3) is 22.2 Å². The molecule has 0 radical (unpaired) electrons. The van der Waals surface area contributed by atoms with Crippen molar-refractivity contribution in [2.75, 3.05) is 5.32 Å². The number of aromatic nitrogens is 1. The van der Waals surface area contributed by atoms with Crippen LogP contribution in [-0.4, -0.2) is 22.2 Å². The lowest BCUT2D eigenvalue weighted by atomic mass is 9.83. The van der Waals surface area contributed by atoms with Crippen LogP contribution in [-0.2, 0) is 10.2 Å². The van der Waals surface area contributed by atoms with E-state index in [0.717, 1.165) is 33.5 Å². The number of halogens is 3. The Morgan fingerprint density at radius 1 is 1.07 bits per heavy atom. The number of aromatic amines is 1. The molecule has 3 rings (SSSR count). The minimum atomic E-state index is -4.94. The maximum absolute atomic E-state index is 12.5. The van der Waals surface area contributed by atoms with E-state index in [1.807, 2.05) is 52.1 Å². The molecule has 0 unspecified atom stereocenters. The molecule has 29 heavy (non-hydrogen) atoms. The van der Waals surface area contributed by atoms with E-state index in [9.17, 15) is 23.1 Å². The number of fused-ring (bicyclic) bond motifs is 1. The Kier molecular flexibility index (Phi) is 4.89. The Labute approximate surface area is 166 Å². The topological polar surface area (TPSA) is 65.1 Å². The molecule has 3 N–H and O–H groups in total. The van der Waals surface area contributed by atoms with Crippen LogP contribution in [0.15, 0.2) is 30.3 Å². The highest BCUT2D eigenvalue weighted by molar-refractivity contribution is 5.99. The number of phenols is 1.